The highest BCUT2D eigenvalue weighted by molar-refractivity contribution is 5.05. The Hall–Kier alpha value is -0.500. The molecule has 0 aromatic carbocycles. The van der Waals surface area contributed by atoms with Crippen LogP contribution in [0.25, 0.3) is 0 Å². The predicted octanol–water partition coefficient (Wildman–Crippen LogP) is 1.41. The van der Waals surface area contributed by atoms with E-state index < -0.39 is 0 Å². The van der Waals surface area contributed by atoms with Gasteiger partial charge in [-0.05, 0) is 25.2 Å². The summed E-state index contributed by atoms with van der Waals surface area (Å²) in [5.74, 6) is 0.709. The highest BCUT2D eigenvalue weighted by Crippen LogP contribution is 2.21. The molecule has 1 atom stereocenters. The third kappa shape index (κ3) is 1.74. The van der Waals surface area contributed by atoms with Crippen LogP contribution in [0.1, 0.15) is 26.2 Å². The van der Waals surface area contributed by atoms with Gasteiger partial charge in [-0.3, -0.25) is 0 Å². The van der Waals surface area contributed by atoms with Crippen LogP contribution in [-0.4, -0.2) is 7.05 Å². The maximum absolute atomic E-state index is 3.15. The van der Waals surface area contributed by atoms with Crippen LogP contribution in [0.4, 0.5) is 0 Å². The maximum atomic E-state index is 3.15. The van der Waals surface area contributed by atoms with E-state index in [0.29, 0.717) is 5.92 Å². The van der Waals surface area contributed by atoms with Gasteiger partial charge in [-0.2, -0.15) is 0 Å². The number of hydrazine groups is 1. The van der Waals surface area contributed by atoms with Gasteiger partial charge in [0.05, 0.1) is 0 Å². The fraction of sp³-hybridized carbons (Fsp3) is 0.750. The van der Waals surface area contributed by atoms with Crippen LogP contribution in [0, 0.1) is 5.92 Å². The van der Waals surface area contributed by atoms with Gasteiger partial charge in [0.2, 0.25) is 0 Å². The molecule has 0 aliphatic heterocycles. The molecule has 0 bridgehead atoms. The molecule has 0 spiro atoms. The third-order valence-corrected chi connectivity index (χ3v) is 2.01. The number of rotatable bonds is 2. The number of hydrogen-bond donors (Lipinski definition) is 2. The molecule has 2 N–H and O–H groups in total. The lowest BCUT2D eigenvalue weighted by Crippen LogP contribution is -2.30. The van der Waals surface area contributed by atoms with Gasteiger partial charge in [-0.25, -0.2) is 5.43 Å². The van der Waals surface area contributed by atoms with Crippen LogP contribution in [0.3, 0.4) is 0 Å². The van der Waals surface area contributed by atoms with Gasteiger partial charge in [0, 0.05) is 12.7 Å². The van der Waals surface area contributed by atoms with Crippen molar-refractivity contribution in [1.29, 1.82) is 0 Å². The largest absolute Gasteiger partial charge is 0.326 e. The molecule has 1 unspecified atom stereocenters. The lowest BCUT2D eigenvalue weighted by molar-refractivity contribution is 0.488. The first-order valence-electron chi connectivity index (χ1n) is 3.97. The Morgan fingerprint density at radius 1 is 1.60 bits per heavy atom. The second-order valence-electron chi connectivity index (χ2n) is 2.87. The van der Waals surface area contributed by atoms with E-state index in [4.69, 9.17) is 0 Å². The molecular weight excluding hydrogens is 124 g/mol. The van der Waals surface area contributed by atoms with Crippen LogP contribution in [0.2, 0.25) is 0 Å². The van der Waals surface area contributed by atoms with Crippen LogP contribution < -0.4 is 10.9 Å². The summed E-state index contributed by atoms with van der Waals surface area (Å²) in [5, 5.41) is 0. The Morgan fingerprint density at radius 2 is 2.40 bits per heavy atom. The second-order valence-corrected chi connectivity index (χ2v) is 2.87. The Kier molecular flexibility index (Phi) is 2.75. The summed E-state index contributed by atoms with van der Waals surface area (Å²) >= 11 is 0. The number of hydrogen-bond acceptors (Lipinski definition) is 2. The lowest BCUT2D eigenvalue weighted by Gasteiger charge is -2.20. The molecule has 0 amide bonds. The summed E-state index contributed by atoms with van der Waals surface area (Å²) in [6.07, 6.45) is 6.18. The zero-order valence-electron chi connectivity index (χ0n) is 6.78. The van der Waals surface area contributed by atoms with Crippen LogP contribution in [0.15, 0.2) is 11.8 Å². The molecule has 58 valence electrons. The summed E-state index contributed by atoms with van der Waals surface area (Å²) in [5.41, 5.74) is 7.45. The average Bonchev–Trinajstić information content (AvgIpc) is 1.94. The average molecular weight is 140 g/mol. The van der Waals surface area contributed by atoms with Crippen molar-refractivity contribution in [1.82, 2.24) is 10.9 Å². The monoisotopic (exact) mass is 140 g/mol. The molecule has 10 heavy (non-hydrogen) atoms. The fourth-order valence-electron chi connectivity index (χ4n) is 1.36. The number of nitrogens with one attached hydrogen (secondary N) is 2. The van der Waals surface area contributed by atoms with Crippen molar-refractivity contribution < 1.29 is 0 Å². The first-order valence-corrected chi connectivity index (χ1v) is 3.97. The Balaban J connectivity index is 2.44. The van der Waals surface area contributed by atoms with Crippen molar-refractivity contribution in [3.8, 4) is 0 Å². The molecule has 0 saturated carbocycles. The van der Waals surface area contributed by atoms with Gasteiger partial charge in [0.15, 0.2) is 0 Å². The van der Waals surface area contributed by atoms with Crippen molar-refractivity contribution in [2.24, 2.45) is 5.92 Å². The van der Waals surface area contributed by atoms with Gasteiger partial charge in [0.25, 0.3) is 0 Å². The van der Waals surface area contributed by atoms with E-state index >= 15 is 0 Å². The van der Waals surface area contributed by atoms with Gasteiger partial charge >= 0.3 is 0 Å². The van der Waals surface area contributed by atoms with Crippen LogP contribution in [0.5, 0.6) is 0 Å². The zero-order chi connectivity index (χ0) is 7.40. The quantitative estimate of drug-likeness (QED) is 0.567. The van der Waals surface area contributed by atoms with Crippen molar-refractivity contribution in [3.63, 3.8) is 0 Å². The highest BCUT2D eigenvalue weighted by Gasteiger charge is 2.10. The van der Waals surface area contributed by atoms with E-state index in [-0.39, 0.29) is 0 Å². The SMILES string of the molecule is CNNC1=CCCCC1C. The second kappa shape index (κ2) is 3.62. The molecule has 1 aliphatic rings. The van der Waals surface area contributed by atoms with Crippen molar-refractivity contribution in [2.75, 3.05) is 7.05 Å². The topological polar surface area (TPSA) is 24.1 Å². The molecular formula is C8H16N2. The fourth-order valence-corrected chi connectivity index (χ4v) is 1.36. The standard InChI is InChI=1S/C8H16N2/c1-7-5-3-4-6-8(7)10-9-2/h6-7,9-10H,3-5H2,1-2H3. The molecule has 0 aromatic rings. The zero-order valence-corrected chi connectivity index (χ0v) is 6.78. The predicted molar refractivity (Wildman–Crippen MR) is 43.3 cm³/mol. The Labute approximate surface area is 62.7 Å². The molecule has 2 nitrogen and oxygen atoms in total. The number of allylic oxidation sites excluding steroid dienone is 2. The summed E-state index contributed by atoms with van der Waals surface area (Å²) in [4.78, 5) is 0. The first-order chi connectivity index (χ1) is 4.84. The van der Waals surface area contributed by atoms with Gasteiger partial charge in [-0.15, -0.1) is 0 Å². The molecule has 1 aliphatic carbocycles. The van der Waals surface area contributed by atoms with Gasteiger partial charge in [-0.1, -0.05) is 13.0 Å². The first kappa shape index (κ1) is 7.61. The normalized spacial score (nSPS) is 25.8. The molecule has 0 radical (unpaired) electrons. The van der Waals surface area contributed by atoms with Crippen molar-refractivity contribution >= 4 is 0 Å². The molecule has 2 heteroatoms. The highest BCUT2D eigenvalue weighted by atomic mass is 15.3. The van der Waals surface area contributed by atoms with E-state index in [9.17, 15) is 0 Å². The minimum Gasteiger partial charge on any atom is -0.326 e. The van der Waals surface area contributed by atoms with E-state index in [1.54, 1.807) is 0 Å². The smallest absolute Gasteiger partial charge is 0.0250 e. The summed E-state index contributed by atoms with van der Waals surface area (Å²) in [6.45, 7) is 2.26. The molecule has 0 saturated heterocycles. The van der Waals surface area contributed by atoms with E-state index in [1.165, 1.54) is 25.0 Å². The van der Waals surface area contributed by atoms with Crippen LogP contribution in [-0.2, 0) is 0 Å². The Morgan fingerprint density at radius 3 is 3.00 bits per heavy atom. The third-order valence-electron chi connectivity index (χ3n) is 2.01. The van der Waals surface area contributed by atoms with Crippen molar-refractivity contribution in [3.05, 3.63) is 11.8 Å². The van der Waals surface area contributed by atoms with Gasteiger partial charge in [0.1, 0.15) is 0 Å². The molecule has 1 rings (SSSR count). The molecule has 0 heterocycles. The lowest BCUT2D eigenvalue weighted by atomic mass is 9.94. The van der Waals surface area contributed by atoms with E-state index in [1.807, 2.05) is 7.05 Å². The maximum Gasteiger partial charge on any atom is 0.0250 e. The van der Waals surface area contributed by atoms with Crippen LogP contribution >= 0.6 is 0 Å². The van der Waals surface area contributed by atoms with E-state index in [0.717, 1.165) is 0 Å². The Bertz CT molecular complexity index is 129. The summed E-state index contributed by atoms with van der Waals surface area (Å²) in [6, 6.07) is 0. The van der Waals surface area contributed by atoms with E-state index in [2.05, 4.69) is 23.9 Å². The molecule has 0 fully saturated rings. The van der Waals surface area contributed by atoms with Gasteiger partial charge < -0.3 is 5.43 Å². The molecule has 0 aromatic heterocycles. The van der Waals surface area contributed by atoms with Crippen molar-refractivity contribution in [2.45, 2.75) is 26.2 Å². The summed E-state index contributed by atoms with van der Waals surface area (Å²) in [7, 11) is 1.90. The minimum atomic E-state index is 0.709. The summed E-state index contributed by atoms with van der Waals surface area (Å²) < 4.78 is 0. The minimum absolute atomic E-state index is 0.709.